The van der Waals surface area contributed by atoms with Crippen molar-refractivity contribution in [2.24, 2.45) is 5.92 Å². The Morgan fingerprint density at radius 3 is 2.82 bits per heavy atom. The van der Waals surface area contributed by atoms with Crippen molar-refractivity contribution < 1.29 is 4.79 Å². The summed E-state index contributed by atoms with van der Waals surface area (Å²) in [4.78, 5) is 10.9. The molecule has 2 unspecified atom stereocenters. The van der Waals surface area contributed by atoms with Crippen molar-refractivity contribution in [2.75, 3.05) is 0 Å². The van der Waals surface area contributed by atoms with Crippen LogP contribution in [0.1, 0.15) is 26.7 Å². The molecular formula is C9H15NO. The Labute approximate surface area is 67.7 Å². The molecule has 0 aromatic rings. The Bertz CT molecular complexity index is 186. The number of carbonyl (C=O) groups excluding carboxylic acids is 1. The third kappa shape index (κ3) is 1.62. The van der Waals surface area contributed by atoms with E-state index in [1.165, 1.54) is 0 Å². The van der Waals surface area contributed by atoms with E-state index in [0.29, 0.717) is 12.3 Å². The molecule has 1 amide bonds. The van der Waals surface area contributed by atoms with Crippen molar-refractivity contribution in [1.29, 1.82) is 0 Å². The van der Waals surface area contributed by atoms with Gasteiger partial charge in [-0.2, -0.15) is 0 Å². The van der Waals surface area contributed by atoms with Gasteiger partial charge in [-0.3, -0.25) is 4.79 Å². The second kappa shape index (κ2) is 3.07. The first-order valence-electron chi connectivity index (χ1n) is 4.12. The smallest absolute Gasteiger partial charge is 0.224 e. The monoisotopic (exact) mass is 153 g/mol. The second-order valence-corrected chi connectivity index (χ2v) is 3.27. The van der Waals surface area contributed by atoms with Crippen molar-refractivity contribution >= 4 is 5.91 Å². The molecule has 0 spiro atoms. The van der Waals surface area contributed by atoms with Crippen LogP contribution in [0.2, 0.25) is 0 Å². The van der Waals surface area contributed by atoms with E-state index in [9.17, 15) is 4.79 Å². The van der Waals surface area contributed by atoms with E-state index in [1.54, 1.807) is 0 Å². The standard InChI is InChI=1S/C9H15NO/c1-4-6(2)9-7(3)5-8(11)10-9/h6,9H,3-5H2,1-2H3,(H,10,11). The zero-order chi connectivity index (χ0) is 8.43. The summed E-state index contributed by atoms with van der Waals surface area (Å²) in [5.74, 6) is 0.647. The Morgan fingerprint density at radius 2 is 2.45 bits per heavy atom. The van der Waals surface area contributed by atoms with Crippen molar-refractivity contribution in [3.8, 4) is 0 Å². The molecule has 2 heteroatoms. The lowest BCUT2D eigenvalue weighted by Gasteiger charge is -2.17. The zero-order valence-electron chi connectivity index (χ0n) is 7.18. The molecule has 2 nitrogen and oxygen atoms in total. The maximum Gasteiger partial charge on any atom is 0.224 e. The van der Waals surface area contributed by atoms with Gasteiger partial charge in [0.15, 0.2) is 0 Å². The Hall–Kier alpha value is -0.790. The average molecular weight is 153 g/mol. The number of carbonyl (C=O) groups is 1. The fourth-order valence-corrected chi connectivity index (χ4v) is 1.42. The molecule has 0 saturated carbocycles. The van der Waals surface area contributed by atoms with E-state index in [4.69, 9.17) is 0 Å². The molecule has 0 aromatic carbocycles. The highest BCUT2D eigenvalue weighted by molar-refractivity contribution is 5.82. The van der Waals surface area contributed by atoms with Crippen LogP contribution in [0.25, 0.3) is 0 Å². The summed E-state index contributed by atoms with van der Waals surface area (Å²) in [5.41, 5.74) is 1.05. The molecule has 1 N–H and O–H groups in total. The minimum absolute atomic E-state index is 0.125. The summed E-state index contributed by atoms with van der Waals surface area (Å²) < 4.78 is 0. The lowest BCUT2D eigenvalue weighted by molar-refractivity contribution is -0.119. The lowest BCUT2D eigenvalue weighted by atomic mass is 9.95. The molecule has 0 aliphatic carbocycles. The average Bonchev–Trinajstić information content (AvgIpc) is 2.28. The first-order valence-corrected chi connectivity index (χ1v) is 4.12. The van der Waals surface area contributed by atoms with Gasteiger partial charge >= 0.3 is 0 Å². The molecule has 11 heavy (non-hydrogen) atoms. The van der Waals surface area contributed by atoms with E-state index in [1.807, 2.05) is 0 Å². The molecule has 0 aromatic heterocycles. The van der Waals surface area contributed by atoms with E-state index < -0.39 is 0 Å². The maximum absolute atomic E-state index is 10.9. The van der Waals surface area contributed by atoms with E-state index in [0.717, 1.165) is 12.0 Å². The third-order valence-corrected chi connectivity index (χ3v) is 2.36. The maximum atomic E-state index is 10.9. The van der Waals surface area contributed by atoms with Crippen LogP contribution in [0.5, 0.6) is 0 Å². The van der Waals surface area contributed by atoms with Crippen LogP contribution >= 0.6 is 0 Å². The van der Waals surface area contributed by atoms with Crippen molar-refractivity contribution in [3.63, 3.8) is 0 Å². The fraction of sp³-hybridized carbons (Fsp3) is 0.667. The van der Waals surface area contributed by atoms with Crippen LogP contribution < -0.4 is 5.32 Å². The van der Waals surface area contributed by atoms with Crippen LogP contribution in [-0.2, 0) is 4.79 Å². The molecule has 1 aliphatic rings. The van der Waals surface area contributed by atoms with Gasteiger partial charge < -0.3 is 5.32 Å². The number of amides is 1. The molecule has 1 saturated heterocycles. The lowest BCUT2D eigenvalue weighted by Crippen LogP contribution is -2.31. The minimum atomic E-state index is 0.125. The summed E-state index contributed by atoms with van der Waals surface area (Å²) in [6.45, 7) is 8.14. The largest absolute Gasteiger partial charge is 0.349 e. The van der Waals surface area contributed by atoms with Gasteiger partial charge in [-0.05, 0) is 11.5 Å². The van der Waals surface area contributed by atoms with Crippen molar-refractivity contribution in [3.05, 3.63) is 12.2 Å². The third-order valence-electron chi connectivity index (χ3n) is 2.36. The quantitative estimate of drug-likeness (QED) is 0.598. The van der Waals surface area contributed by atoms with Crippen LogP contribution in [0.4, 0.5) is 0 Å². The molecule has 0 bridgehead atoms. The van der Waals surface area contributed by atoms with Gasteiger partial charge in [-0.1, -0.05) is 26.8 Å². The predicted molar refractivity (Wildman–Crippen MR) is 45.1 cm³/mol. The van der Waals surface area contributed by atoms with Crippen LogP contribution in [0.15, 0.2) is 12.2 Å². The summed E-state index contributed by atoms with van der Waals surface area (Å²) >= 11 is 0. The van der Waals surface area contributed by atoms with E-state index >= 15 is 0 Å². The topological polar surface area (TPSA) is 29.1 Å². The van der Waals surface area contributed by atoms with Gasteiger partial charge in [0.2, 0.25) is 5.91 Å². The highest BCUT2D eigenvalue weighted by Crippen LogP contribution is 2.21. The molecule has 1 heterocycles. The molecule has 0 radical (unpaired) electrons. The number of hydrogen-bond acceptors (Lipinski definition) is 1. The first-order chi connectivity index (χ1) is 5.15. The first kappa shape index (κ1) is 8.31. The number of rotatable bonds is 2. The Kier molecular flexibility index (Phi) is 2.32. The molecule has 1 rings (SSSR count). The van der Waals surface area contributed by atoms with E-state index in [-0.39, 0.29) is 11.9 Å². The van der Waals surface area contributed by atoms with E-state index in [2.05, 4.69) is 25.7 Å². The SMILES string of the molecule is C=C1CC(=O)NC1C(C)CC. The summed E-state index contributed by atoms with van der Waals surface area (Å²) in [5, 5.41) is 2.92. The molecule has 1 fully saturated rings. The summed E-state index contributed by atoms with van der Waals surface area (Å²) in [6.07, 6.45) is 1.61. The van der Waals surface area contributed by atoms with Gasteiger partial charge in [0.25, 0.3) is 0 Å². The van der Waals surface area contributed by atoms with Crippen LogP contribution in [-0.4, -0.2) is 11.9 Å². The predicted octanol–water partition coefficient (Wildman–Crippen LogP) is 1.48. The summed E-state index contributed by atoms with van der Waals surface area (Å²) in [6, 6.07) is 0.229. The van der Waals surface area contributed by atoms with Gasteiger partial charge in [0.05, 0.1) is 6.04 Å². The van der Waals surface area contributed by atoms with Gasteiger partial charge in [-0.25, -0.2) is 0 Å². The summed E-state index contributed by atoms with van der Waals surface area (Å²) in [7, 11) is 0. The van der Waals surface area contributed by atoms with Gasteiger partial charge in [-0.15, -0.1) is 0 Å². The zero-order valence-corrected chi connectivity index (χ0v) is 7.18. The number of nitrogens with one attached hydrogen (secondary N) is 1. The molecular weight excluding hydrogens is 138 g/mol. The molecule has 2 atom stereocenters. The Morgan fingerprint density at radius 1 is 1.82 bits per heavy atom. The van der Waals surface area contributed by atoms with Crippen LogP contribution in [0.3, 0.4) is 0 Å². The second-order valence-electron chi connectivity index (χ2n) is 3.27. The number of hydrogen-bond donors (Lipinski definition) is 1. The highest BCUT2D eigenvalue weighted by Gasteiger charge is 2.27. The highest BCUT2D eigenvalue weighted by atomic mass is 16.1. The normalized spacial score (nSPS) is 26.9. The van der Waals surface area contributed by atoms with Crippen molar-refractivity contribution in [1.82, 2.24) is 5.32 Å². The van der Waals surface area contributed by atoms with Gasteiger partial charge in [0.1, 0.15) is 0 Å². The van der Waals surface area contributed by atoms with Crippen LogP contribution in [0, 0.1) is 5.92 Å². The minimum Gasteiger partial charge on any atom is -0.349 e. The fourth-order valence-electron chi connectivity index (χ4n) is 1.42. The van der Waals surface area contributed by atoms with Gasteiger partial charge in [0, 0.05) is 6.42 Å². The Balaban J connectivity index is 2.59. The molecule has 62 valence electrons. The molecule has 1 aliphatic heterocycles. The van der Waals surface area contributed by atoms with Crippen molar-refractivity contribution in [2.45, 2.75) is 32.7 Å².